The Balaban J connectivity index is 1.22. The van der Waals surface area contributed by atoms with Gasteiger partial charge in [0.2, 0.25) is 5.91 Å². The van der Waals surface area contributed by atoms with Crippen LogP contribution < -0.4 is 4.74 Å². The molecule has 1 aliphatic heterocycles. The van der Waals surface area contributed by atoms with Crippen LogP contribution in [0, 0.1) is 12.8 Å². The molecule has 0 atom stereocenters. The third-order valence-corrected chi connectivity index (χ3v) is 6.52. The van der Waals surface area contributed by atoms with Crippen molar-refractivity contribution in [2.75, 3.05) is 13.1 Å². The average molecular weight is 421 g/mol. The van der Waals surface area contributed by atoms with Gasteiger partial charge in [0.1, 0.15) is 17.4 Å². The lowest BCUT2D eigenvalue weighted by atomic mass is 9.90. The molecule has 1 fully saturated rings. The fourth-order valence-electron chi connectivity index (χ4n) is 3.88. The number of nitrogens with zero attached hydrogens (tertiary/aromatic N) is 2. The minimum atomic E-state index is 0.185. The first kappa shape index (κ1) is 20.6. The second-order valence-electron chi connectivity index (χ2n) is 8.02. The molecule has 1 aromatic heterocycles. The van der Waals surface area contributed by atoms with E-state index in [1.807, 2.05) is 34.5 Å². The number of carbonyl (C=O) groups is 1. The standard InChI is InChI=1S/C25H28N2O2S/c1-19-7-9-23(10-8-19)29-17-24-26-22(18-30-24)16-25(28)27-13-11-21(12-14-27)15-20-5-3-2-4-6-20/h2-10,18,21H,11-17H2,1H3. The summed E-state index contributed by atoms with van der Waals surface area (Å²) < 4.78 is 5.79. The quantitative estimate of drug-likeness (QED) is 0.537. The minimum Gasteiger partial charge on any atom is -0.486 e. The Morgan fingerprint density at radius 1 is 1.10 bits per heavy atom. The molecule has 0 radical (unpaired) electrons. The van der Waals surface area contributed by atoms with Crippen molar-refractivity contribution < 1.29 is 9.53 Å². The zero-order valence-corrected chi connectivity index (χ0v) is 18.2. The highest BCUT2D eigenvalue weighted by atomic mass is 32.1. The van der Waals surface area contributed by atoms with E-state index in [1.165, 1.54) is 11.1 Å². The molecule has 5 heteroatoms. The number of likely N-dealkylation sites (tertiary alicyclic amines) is 1. The number of thiazole rings is 1. The van der Waals surface area contributed by atoms with Gasteiger partial charge in [-0.05, 0) is 49.8 Å². The first-order valence-corrected chi connectivity index (χ1v) is 11.5. The molecular formula is C25H28N2O2S. The highest BCUT2D eigenvalue weighted by Crippen LogP contribution is 2.23. The summed E-state index contributed by atoms with van der Waals surface area (Å²) in [4.78, 5) is 19.3. The maximum Gasteiger partial charge on any atom is 0.228 e. The number of ether oxygens (including phenoxy) is 1. The van der Waals surface area contributed by atoms with E-state index in [-0.39, 0.29) is 5.91 Å². The van der Waals surface area contributed by atoms with Gasteiger partial charge in [-0.2, -0.15) is 0 Å². The van der Waals surface area contributed by atoms with Crippen molar-refractivity contribution in [3.8, 4) is 5.75 Å². The summed E-state index contributed by atoms with van der Waals surface area (Å²) >= 11 is 1.56. The molecule has 1 amide bonds. The molecular weight excluding hydrogens is 392 g/mol. The van der Waals surface area contributed by atoms with Crippen LogP contribution in [-0.2, 0) is 24.2 Å². The molecule has 3 aromatic rings. The second-order valence-corrected chi connectivity index (χ2v) is 8.97. The van der Waals surface area contributed by atoms with Crippen LogP contribution in [0.5, 0.6) is 5.75 Å². The van der Waals surface area contributed by atoms with E-state index in [9.17, 15) is 4.79 Å². The van der Waals surface area contributed by atoms with E-state index in [4.69, 9.17) is 4.74 Å². The van der Waals surface area contributed by atoms with Gasteiger partial charge >= 0.3 is 0 Å². The molecule has 0 unspecified atom stereocenters. The van der Waals surface area contributed by atoms with E-state index in [2.05, 4.69) is 42.2 Å². The van der Waals surface area contributed by atoms with Crippen molar-refractivity contribution >= 4 is 17.2 Å². The Morgan fingerprint density at radius 2 is 1.83 bits per heavy atom. The van der Waals surface area contributed by atoms with Crippen molar-refractivity contribution in [3.05, 3.63) is 81.8 Å². The van der Waals surface area contributed by atoms with Gasteiger partial charge in [0, 0.05) is 18.5 Å². The number of benzene rings is 2. The third kappa shape index (κ3) is 5.70. The lowest BCUT2D eigenvalue weighted by Crippen LogP contribution is -2.39. The summed E-state index contributed by atoms with van der Waals surface area (Å²) in [5.41, 5.74) is 3.45. The smallest absolute Gasteiger partial charge is 0.228 e. The lowest BCUT2D eigenvalue weighted by molar-refractivity contribution is -0.131. The Bertz CT molecular complexity index is 945. The Kier molecular flexibility index (Phi) is 6.80. The molecule has 4 rings (SSSR count). The van der Waals surface area contributed by atoms with Crippen molar-refractivity contribution in [3.63, 3.8) is 0 Å². The average Bonchev–Trinajstić information content (AvgIpc) is 3.22. The summed E-state index contributed by atoms with van der Waals surface area (Å²) in [6, 6.07) is 18.6. The minimum absolute atomic E-state index is 0.185. The van der Waals surface area contributed by atoms with Crippen molar-refractivity contribution in [1.29, 1.82) is 0 Å². The zero-order valence-electron chi connectivity index (χ0n) is 17.4. The number of hydrogen-bond acceptors (Lipinski definition) is 4. The molecule has 0 N–H and O–H groups in total. The maximum atomic E-state index is 12.7. The van der Waals surface area contributed by atoms with Gasteiger partial charge in [0.25, 0.3) is 0 Å². The summed E-state index contributed by atoms with van der Waals surface area (Å²) in [6.45, 7) is 4.19. The molecule has 0 aliphatic carbocycles. The summed E-state index contributed by atoms with van der Waals surface area (Å²) in [6.07, 6.45) is 3.64. The number of amides is 1. The maximum absolute atomic E-state index is 12.7. The molecule has 2 aromatic carbocycles. The predicted molar refractivity (Wildman–Crippen MR) is 121 cm³/mol. The molecule has 1 aliphatic rings. The van der Waals surface area contributed by atoms with Crippen molar-refractivity contribution in [1.82, 2.24) is 9.88 Å². The molecule has 0 saturated carbocycles. The number of hydrogen-bond donors (Lipinski definition) is 0. The van der Waals surface area contributed by atoms with Gasteiger partial charge in [-0.3, -0.25) is 4.79 Å². The third-order valence-electron chi connectivity index (χ3n) is 5.65. The van der Waals surface area contributed by atoms with E-state index < -0.39 is 0 Å². The monoisotopic (exact) mass is 420 g/mol. The van der Waals surface area contributed by atoms with Gasteiger partial charge in [0.15, 0.2) is 0 Å². The first-order valence-electron chi connectivity index (χ1n) is 10.6. The number of piperidine rings is 1. The molecule has 1 saturated heterocycles. The van der Waals surface area contributed by atoms with E-state index >= 15 is 0 Å². The Labute approximate surface area is 182 Å². The fraction of sp³-hybridized carbons (Fsp3) is 0.360. The van der Waals surface area contributed by atoms with E-state index in [0.29, 0.717) is 18.9 Å². The molecule has 0 bridgehead atoms. The van der Waals surface area contributed by atoms with Gasteiger partial charge in [-0.1, -0.05) is 48.0 Å². The molecule has 156 valence electrons. The van der Waals surface area contributed by atoms with Crippen LogP contribution in [0.4, 0.5) is 0 Å². The fourth-order valence-corrected chi connectivity index (χ4v) is 4.58. The molecule has 2 heterocycles. The normalized spacial score (nSPS) is 14.6. The van der Waals surface area contributed by atoms with Gasteiger partial charge in [-0.25, -0.2) is 4.98 Å². The summed E-state index contributed by atoms with van der Waals surface area (Å²) in [7, 11) is 0. The highest BCUT2D eigenvalue weighted by Gasteiger charge is 2.23. The molecule has 4 nitrogen and oxygen atoms in total. The van der Waals surface area contributed by atoms with Crippen LogP contribution in [0.3, 0.4) is 0 Å². The lowest BCUT2D eigenvalue weighted by Gasteiger charge is -2.32. The van der Waals surface area contributed by atoms with Crippen LogP contribution in [0.1, 0.15) is 34.7 Å². The Morgan fingerprint density at radius 3 is 2.57 bits per heavy atom. The topological polar surface area (TPSA) is 42.4 Å². The zero-order chi connectivity index (χ0) is 20.8. The number of aromatic nitrogens is 1. The molecule has 0 spiro atoms. The number of aryl methyl sites for hydroxylation is 1. The van der Waals surface area contributed by atoms with Crippen LogP contribution in [-0.4, -0.2) is 28.9 Å². The molecule has 30 heavy (non-hydrogen) atoms. The van der Waals surface area contributed by atoms with E-state index in [1.54, 1.807) is 11.3 Å². The summed E-state index contributed by atoms with van der Waals surface area (Å²) in [5.74, 6) is 1.69. The van der Waals surface area contributed by atoms with Crippen molar-refractivity contribution in [2.45, 2.75) is 39.2 Å². The summed E-state index contributed by atoms with van der Waals surface area (Å²) in [5, 5.41) is 2.88. The highest BCUT2D eigenvalue weighted by molar-refractivity contribution is 7.09. The number of carbonyl (C=O) groups excluding carboxylic acids is 1. The van der Waals surface area contributed by atoms with Crippen LogP contribution in [0.15, 0.2) is 60.0 Å². The SMILES string of the molecule is Cc1ccc(OCc2nc(CC(=O)N3CCC(Cc4ccccc4)CC3)cs2)cc1. The van der Waals surface area contributed by atoms with Gasteiger partial charge in [-0.15, -0.1) is 11.3 Å². The first-order chi connectivity index (χ1) is 14.7. The Hall–Kier alpha value is -2.66. The van der Waals surface area contributed by atoms with E-state index in [0.717, 1.165) is 48.8 Å². The van der Waals surface area contributed by atoms with Crippen molar-refractivity contribution in [2.24, 2.45) is 5.92 Å². The largest absolute Gasteiger partial charge is 0.486 e. The van der Waals surface area contributed by atoms with Crippen LogP contribution >= 0.6 is 11.3 Å². The predicted octanol–water partition coefficient (Wildman–Crippen LogP) is 5.05. The van der Waals surface area contributed by atoms with Crippen LogP contribution in [0.2, 0.25) is 0 Å². The van der Waals surface area contributed by atoms with Gasteiger partial charge < -0.3 is 9.64 Å². The van der Waals surface area contributed by atoms with Crippen LogP contribution in [0.25, 0.3) is 0 Å². The number of rotatable bonds is 7. The second kappa shape index (κ2) is 9.90. The van der Waals surface area contributed by atoms with Gasteiger partial charge in [0.05, 0.1) is 12.1 Å².